The SMILES string of the molecule is Fc1cc(C#Cc2ccnc(Cl)n2)cc(Oc2ccc[nH+]c2)c1. The molecule has 0 amide bonds. The van der Waals surface area contributed by atoms with Crippen molar-refractivity contribution in [1.29, 1.82) is 0 Å². The van der Waals surface area contributed by atoms with Crippen LogP contribution in [0.2, 0.25) is 5.28 Å². The van der Waals surface area contributed by atoms with E-state index in [0.29, 0.717) is 22.8 Å². The van der Waals surface area contributed by atoms with Crippen molar-refractivity contribution in [2.24, 2.45) is 0 Å². The monoisotopic (exact) mass is 326 g/mol. The standard InChI is InChI=1S/C17H9ClFN3O/c18-17-21-7-5-14(22-17)4-3-12-8-13(19)10-16(9-12)23-15-2-1-6-20-11-15/h1-2,5-11H/p+1. The van der Waals surface area contributed by atoms with Gasteiger partial charge in [0, 0.05) is 23.9 Å². The summed E-state index contributed by atoms with van der Waals surface area (Å²) in [6.07, 6.45) is 4.92. The average Bonchev–Trinajstić information content (AvgIpc) is 2.53. The van der Waals surface area contributed by atoms with Crippen LogP contribution in [0.25, 0.3) is 0 Å². The summed E-state index contributed by atoms with van der Waals surface area (Å²) < 4.78 is 19.3. The summed E-state index contributed by atoms with van der Waals surface area (Å²) in [5, 5.41) is 0.111. The van der Waals surface area contributed by atoms with Crippen LogP contribution in [0.3, 0.4) is 0 Å². The topological polar surface area (TPSA) is 49.2 Å². The molecule has 0 aliphatic carbocycles. The Hall–Kier alpha value is -2.97. The van der Waals surface area contributed by atoms with Crippen molar-refractivity contribution in [2.75, 3.05) is 0 Å². The summed E-state index contributed by atoms with van der Waals surface area (Å²) >= 11 is 5.69. The first-order valence-corrected chi connectivity index (χ1v) is 7.02. The molecule has 2 aromatic heterocycles. The lowest BCUT2D eigenvalue weighted by molar-refractivity contribution is -0.378. The van der Waals surface area contributed by atoms with Gasteiger partial charge >= 0.3 is 0 Å². The third-order valence-corrected chi connectivity index (χ3v) is 2.93. The number of pyridine rings is 1. The molecule has 0 unspecified atom stereocenters. The number of nitrogens with one attached hydrogen (secondary N) is 1. The van der Waals surface area contributed by atoms with Crippen LogP contribution in [-0.4, -0.2) is 9.97 Å². The molecule has 1 N–H and O–H groups in total. The van der Waals surface area contributed by atoms with Gasteiger partial charge in [-0.1, -0.05) is 5.92 Å². The maximum atomic E-state index is 13.7. The molecule has 6 heteroatoms. The van der Waals surface area contributed by atoms with Gasteiger partial charge in [0.2, 0.25) is 11.5 Å². The van der Waals surface area contributed by atoms with Crippen LogP contribution in [0.4, 0.5) is 4.39 Å². The Morgan fingerprint density at radius 2 is 2.04 bits per heavy atom. The first-order chi connectivity index (χ1) is 11.2. The van der Waals surface area contributed by atoms with Crippen molar-refractivity contribution < 1.29 is 14.1 Å². The van der Waals surface area contributed by atoms with E-state index in [4.69, 9.17) is 16.3 Å². The highest BCUT2D eigenvalue weighted by atomic mass is 35.5. The highest BCUT2D eigenvalue weighted by Crippen LogP contribution is 2.22. The normalized spacial score (nSPS) is 9.83. The lowest BCUT2D eigenvalue weighted by Crippen LogP contribution is -1.98. The second kappa shape index (κ2) is 6.86. The maximum absolute atomic E-state index is 13.7. The fourth-order valence-corrected chi connectivity index (χ4v) is 1.96. The molecule has 0 saturated carbocycles. The zero-order valence-corrected chi connectivity index (χ0v) is 12.5. The molecular weight excluding hydrogens is 317 g/mol. The maximum Gasteiger partial charge on any atom is 0.223 e. The largest absolute Gasteiger partial charge is 0.451 e. The first kappa shape index (κ1) is 14.9. The quantitative estimate of drug-likeness (QED) is 0.536. The predicted octanol–water partition coefficient (Wildman–Crippen LogP) is 3.28. The molecule has 0 atom stereocenters. The van der Waals surface area contributed by atoms with Crippen molar-refractivity contribution in [1.82, 2.24) is 9.97 Å². The Kier molecular flexibility index (Phi) is 4.46. The van der Waals surface area contributed by atoms with Gasteiger partial charge in [0.1, 0.15) is 17.3 Å². The predicted molar refractivity (Wildman–Crippen MR) is 82.5 cm³/mol. The number of hydrogen-bond acceptors (Lipinski definition) is 3. The van der Waals surface area contributed by atoms with Gasteiger partial charge in [0.15, 0.2) is 11.9 Å². The summed E-state index contributed by atoms with van der Waals surface area (Å²) in [5.41, 5.74) is 0.920. The van der Waals surface area contributed by atoms with Crippen LogP contribution in [0.15, 0.2) is 55.0 Å². The second-order valence-electron chi connectivity index (χ2n) is 4.48. The van der Waals surface area contributed by atoms with Gasteiger partial charge in [-0.3, -0.25) is 0 Å². The van der Waals surface area contributed by atoms with E-state index in [1.807, 2.05) is 0 Å². The lowest BCUT2D eigenvalue weighted by Gasteiger charge is -2.04. The fraction of sp³-hybridized carbons (Fsp3) is 0. The summed E-state index contributed by atoms with van der Waals surface area (Å²) in [5.74, 6) is 6.12. The van der Waals surface area contributed by atoms with Gasteiger partial charge in [-0.05, 0) is 41.8 Å². The van der Waals surface area contributed by atoms with Crippen LogP contribution in [0.1, 0.15) is 11.3 Å². The van der Waals surface area contributed by atoms with Gasteiger partial charge in [-0.15, -0.1) is 0 Å². The number of benzene rings is 1. The third-order valence-electron chi connectivity index (χ3n) is 2.75. The molecule has 3 rings (SSSR count). The lowest BCUT2D eigenvalue weighted by atomic mass is 10.2. The van der Waals surface area contributed by atoms with Crippen molar-refractivity contribution >= 4 is 11.6 Å². The van der Waals surface area contributed by atoms with Crippen LogP contribution < -0.4 is 9.72 Å². The molecule has 112 valence electrons. The molecule has 3 aromatic rings. The third kappa shape index (κ3) is 4.25. The van der Waals surface area contributed by atoms with Crippen molar-refractivity contribution in [2.45, 2.75) is 0 Å². The Balaban J connectivity index is 1.86. The van der Waals surface area contributed by atoms with E-state index in [-0.39, 0.29) is 5.28 Å². The van der Waals surface area contributed by atoms with Gasteiger partial charge in [0.05, 0.1) is 0 Å². The van der Waals surface area contributed by atoms with E-state index in [0.717, 1.165) is 0 Å². The Morgan fingerprint density at radius 1 is 1.13 bits per heavy atom. The van der Waals surface area contributed by atoms with E-state index in [2.05, 4.69) is 26.8 Å². The molecule has 0 bridgehead atoms. The van der Waals surface area contributed by atoms with E-state index in [1.165, 1.54) is 18.3 Å². The van der Waals surface area contributed by atoms with E-state index in [1.54, 1.807) is 36.7 Å². The molecule has 0 saturated heterocycles. The molecule has 23 heavy (non-hydrogen) atoms. The number of ether oxygens (including phenoxy) is 1. The summed E-state index contributed by atoms with van der Waals surface area (Å²) in [6.45, 7) is 0. The molecule has 4 nitrogen and oxygen atoms in total. The number of aromatic nitrogens is 3. The van der Waals surface area contributed by atoms with Gasteiger partial charge in [-0.25, -0.2) is 19.3 Å². The van der Waals surface area contributed by atoms with Crippen molar-refractivity contribution in [3.8, 4) is 23.3 Å². The zero-order valence-electron chi connectivity index (χ0n) is 11.8. The Labute approximate surface area is 137 Å². The molecule has 1 aromatic carbocycles. The highest BCUT2D eigenvalue weighted by Gasteiger charge is 2.03. The number of rotatable bonds is 2. The average molecular weight is 327 g/mol. The summed E-state index contributed by atoms with van der Waals surface area (Å²) in [4.78, 5) is 10.6. The minimum atomic E-state index is -0.438. The molecular formula is C17H10ClFN3O+. The molecule has 0 spiro atoms. The van der Waals surface area contributed by atoms with Gasteiger partial charge in [-0.2, -0.15) is 0 Å². The van der Waals surface area contributed by atoms with Crippen LogP contribution in [-0.2, 0) is 0 Å². The smallest absolute Gasteiger partial charge is 0.223 e. The number of nitrogens with zero attached hydrogens (tertiary/aromatic N) is 2. The summed E-state index contributed by atoms with van der Waals surface area (Å²) in [6, 6.07) is 9.42. The van der Waals surface area contributed by atoms with Gasteiger partial charge in [0.25, 0.3) is 0 Å². The molecule has 0 aliphatic heterocycles. The number of halogens is 2. The minimum Gasteiger partial charge on any atom is -0.451 e. The molecule has 2 heterocycles. The van der Waals surface area contributed by atoms with Crippen molar-refractivity contribution in [3.63, 3.8) is 0 Å². The number of hydrogen-bond donors (Lipinski definition) is 0. The summed E-state index contributed by atoms with van der Waals surface area (Å²) in [7, 11) is 0. The number of H-pyrrole nitrogens is 1. The van der Waals surface area contributed by atoms with Gasteiger partial charge < -0.3 is 4.74 Å². The molecule has 0 fully saturated rings. The van der Waals surface area contributed by atoms with Crippen LogP contribution in [0, 0.1) is 17.7 Å². The minimum absolute atomic E-state index is 0.111. The Bertz CT molecular complexity index is 891. The highest BCUT2D eigenvalue weighted by molar-refractivity contribution is 6.28. The van der Waals surface area contributed by atoms with Crippen LogP contribution >= 0.6 is 11.6 Å². The second-order valence-corrected chi connectivity index (χ2v) is 4.82. The van der Waals surface area contributed by atoms with E-state index < -0.39 is 5.82 Å². The van der Waals surface area contributed by atoms with Crippen LogP contribution in [0.5, 0.6) is 11.5 Å². The fourth-order valence-electron chi connectivity index (χ4n) is 1.81. The number of aromatic amines is 1. The molecule has 0 radical (unpaired) electrons. The van der Waals surface area contributed by atoms with E-state index >= 15 is 0 Å². The van der Waals surface area contributed by atoms with Crippen molar-refractivity contribution in [3.05, 3.63) is 77.3 Å². The Morgan fingerprint density at radius 3 is 2.83 bits per heavy atom. The zero-order chi connectivity index (χ0) is 16.1. The first-order valence-electron chi connectivity index (χ1n) is 6.64. The van der Waals surface area contributed by atoms with E-state index in [9.17, 15) is 4.39 Å². The molecule has 0 aliphatic rings.